The van der Waals surface area contributed by atoms with Gasteiger partial charge in [-0.1, -0.05) is 30.3 Å². The molecule has 0 aromatic heterocycles. The summed E-state index contributed by atoms with van der Waals surface area (Å²) in [6.45, 7) is -1.31. The van der Waals surface area contributed by atoms with Gasteiger partial charge in [-0.25, -0.2) is 8.78 Å². The second-order valence-electron chi connectivity index (χ2n) is 4.30. The number of benzene rings is 2. The Morgan fingerprint density at radius 3 is 2.50 bits per heavy atom. The molecular formula is C14H16ClF2NO2. The van der Waals surface area contributed by atoms with Crippen LogP contribution in [0, 0.1) is 0 Å². The van der Waals surface area contributed by atoms with E-state index in [0.29, 0.717) is 11.1 Å². The quantitative estimate of drug-likeness (QED) is 0.913. The molecule has 1 atom stereocenters. The van der Waals surface area contributed by atoms with Crippen molar-refractivity contribution in [1.29, 1.82) is 0 Å². The fraction of sp³-hybridized carbons (Fsp3) is 0.286. The third-order valence-electron chi connectivity index (χ3n) is 3.13. The fourth-order valence-corrected chi connectivity index (χ4v) is 2.08. The van der Waals surface area contributed by atoms with Gasteiger partial charge in [-0.2, -0.15) is 0 Å². The van der Waals surface area contributed by atoms with E-state index in [4.69, 9.17) is 15.6 Å². The summed E-state index contributed by atoms with van der Waals surface area (Å²) in [5.74, 6) is -3.11. The van der Waals surface area contributed by atoms with Crippen LogP contribution >= 0.6 is 12.4 Å². The standard InChI is InChI=1S/C14H15F2NO2.ClH/c1-19-11-7-6-9-4-2-3-5-10(9)12(11)13(17)14(15,16)8-18;/h2-7,13,18H,8,17H2,1H3;1H/t13-;/m0./s1. The molecule has 110 valence electrons. The van der Waals surface area contributed by atoms with Crippen molar-refractivity contribution in [3.05, 3.63) is 42.0 Å². The first-order valence-corrected chi connectivity index (χ1v) is 5.81. The van der Waals surface area contributed by atoms with Crippen LogP contribution in [0.1, 0.15) is 11.6 Å². The lowest BCUT2D eigenvalue weighted by molar-refractivity contribution is -0.0712. The molecule has 0 fully saturated rings. The first-order chi connectivity index (χ1) is 9.01. The first-order valence-electron chi connectivity index (χ1n) is 5.81. The van der Waals surface area contributed by atoms with Crippen LogP contribution in [-0.2, 0) is 0 Å². The molecule has 6 heteroatoms. The highest BCUT2D eigenvalue weighted by molar-refractivity contribution is 5.88. The van der Waals surface area contributed by atoms with Crippen LogP contribution in [0.3, 0.4) is 0 Å². The molecule has 2 aromatic carbocycles. The van der Waals surface area contributed by atoms with Gasteiger partial charge in [-0.15, -0.1) is 12.4 Å². The van der Waals surface area contributed by atoms with Gasteiger partial charge >= 0.3 is 0 Å². The maximum Gasteiger partial charge on any atom is 0.289 e. The molecule has 0 aliphatic heterocycles. The highest BCUT2D eigenvalue weighted by Crippen LogP contribution is 2.38. The van der Waals surface area contributed by atoms with Gasteiger partial charge in [0, 0.05) is 5.56 Å². The number of alkyl halides is 2. The Morgan fingerprint density at radius 2 is 1.90 bits per heavy atom. The Bertz CT molecular complexity index is 592. The molecule has 3 N–H and O–H groups in total. The van der Waals surface area contributed by atoms with E-state index in [1.54, 1.807) is 24.3 Å². The Morgan fingerprint density at radius 1 is 1.25 bits per heavy atom. The molecule has 0 radical (unpaired) electrons. The average Bonchev–Trinajstić information content (AvgIpc) is 2.45. The Kier molecular flexibility index (Phi) is 5.28. The van der Waals surface area contributed by atoms with Crippen molar-refractivity contribution in [2.24, 2.45) is 5.73 Å². The minimum absolute atomic E-state index is 0. The van der Waals surface area contributed by atoms with Crippen LogP contribution < -0.4 is 10.5 Å². The summed E-state index contributed by atoms with van der Waals surface area (Å²) < 4.78 is 32.4. The van der Waals surface area contributed by atoms with Crippen molar-refractivity contribution < 1.29 is 18.6 Å². The van der Waals surface area contributed by atoms with Gasteiger partial charge in [0.05, 0.1) is 7.11 Å². The normalized spacial score (nSPS) is 12.8. The van der Waals surface area contributed by atoms with Gasteiger partial charge in [-0.3, -0.25) is 0 Å². The van der Waals surface area contributed by atoms with Crippen molar-refractivity contribution in [3.8, 4) is 5.75 Å². The SMILES string of the molecule is COc1ccc2ccccc2c1[C@H](N)C(F)(F)CO.Cl. The number of fused-ring (bicyclic) bond motifs is 1. The number of methoxy groups -OCH3 is 1. The monoisotopic (exact) mass is 303 g/mol. The number of nitrogens with two attached hydrogens (primary N) is 1. The Hall–Kier alpha value is -1.43. The maximum absolute atomic E-state index is 13.6. The van der Waals surface area contributed by atoms with Gasteiger partial charge in [-0.05, 0) is 16.8 Å². The Labute approximate surface area is 121 Å². The molecular weight excluding hydrogens is 288 g/mol. The van der Waals surface area contributed by atoms with Crippen molar-refractivity contribution >= 4 is 23.2 Å². The zero-order valence-electron chi connectivity index (χ0n) is 10.8. The molecule has 0 unspecified atom stereocenters. The van der Waals surface area contributed by atoms with Gasteiger partial charge in [0.15, 0.2) is 0 Å². The molecule has 2 aromatic rings. The molecule has 0 amide bonds. The van der Waals surface area contributed by atoms with Crippen LogP contribution in [0.15, 0.2) is 36.4 Å². The second-order valence-corrected chi connectivity index (χ2v) is 4.30. The second kappa shape index (κ2) is 6.35. The van der Waals surface area contributed by atoms with Crippen LogP contribution in [-0.4, -0.2) is 24.7 Å². The van der Waals surface area contributed by atoms with E-state index in [9.17, 15) is 8.78 Å². The summed E-state index contributed by atoms with van der Waals surface area (Å²) in [5, 5.41) is 10.2. The third kappa shape index (κ3) is 2.85. The summed E-state index contributed by atoms with van der Waals surface area (Å²) in [4.78, 5) is 0. The average molecular weight is 304 g/mol. The molecule has 0 heterocycles. The van der Waals surface area contributed by atoms with E-state index >= 15 is 0 Å². The summed E-state index contributed by atoms with van der Waals surface area (Å²) in [7, 11) is 1.40. The zero-order chi connectivity index (χ0) is 14.0. The smallest absolute Gasteiger partial charge is 0.289 e. The lowest BCUT2D eigenvalue weighted by atomic mass is 9.94. The number of aliphatic hydroxyl groups is 1. The van der Waals surface area contributed by atoms with Crippen LogP contribution in [0.2, 0.25) is 0 Å². The maximum atomic E-state index is 13.6. The molecule has 0 saturated carbocycles. The molecule has 0 aliphatic rings. The van der Waals surface area contributed by atoms with Crippen molar-refractivity contribution in [3.63, 3.8) is 0 Å². The fourth-order valence-electron chi connectivity index (χ4n) is 2.08. The number of hydrogen-bond acceptors (Lipinski definition) is 3. The number of halogens is 3. The molecule has 0 aliphatic carbocycles. The first kappa shape index (κ1) is 16.6. The number of ether oxygens (including phenoxy) is 1. The van der Waals surface area contributed by atoms with E-state index in [-0.39, 0.29) is 18.0 Å². The van der Waals surface area contributed by atoms with E-state index in [2.05, 4.69) is 0 Å². The van der Waals surface area contributed by atoms with Crippen LogP contribution in [0.4, 0.5) is 8.78 Å². The summed E-state index contributed by atoms with van der Waals surface area (Å²) in [6, 6.07) is 8.83. The number of rotatable bonds is 4. The lowest BCUT2D eigenvalue weighted by Gasteiger charge is -2.24. The summed E-state index contributed by atoms with van der Waals surface area (Å²) >= 11 is 0. The van der Waals surface area contributed by atoms with E-state index < -0.39 is 18.6 Å². The zero-order valence-corrected chi connectivity index (χ0v) is 11.7. The molecule has 2 rings (SSSR count). The number of hydrogen-bond donors (Lipinski definition) is 2. The molecule has 0 bridgehead atoms. The minimum Gasteiger partial charge on any atom is -0.496 e. The van der Waals surface area contributed by atoms with Crippen molar-refractivity contribution in [2.75, 3.05) is 13.7 Å². The minimum atomic E-state index is -3.41. The molecule has 0 spiro atoms. The highest BCUT2D eigenvalue weighted by Gasteiger charge is 2.39. The van der Waals surface area contributed by atoms with E-state index in [1.807, 2.05) is 12.1 Å². The predicted octanol–water partition coefficient (Wildman–Crippen LogP) is 2.90. The summed E-state index contributed by atoms with van der Waals surface area (Å²) in [5.41, 5.74) is 5.84. The van der Waals surface area contributed by atoms with Crippen molar-refractivity contribution in [1.82, 2.24) is 0 Å². The molecule has 20 heavy (non-hydrogen) atoms. The summed E-state index contributed by atoms with van der Waals surface area (Å²) in [6.07, 6.45) is 0. The largest absolute Gasteiger partial charge is 0.496 e. The lowest BCUT2D eigenvalue weighted by Crippen LogP contribution is -2.36. The number of aliphatic hydroxyl groups excluding tert-OH is 1. The topological polar surface area (TPSA) is 55.5 Å². The van der Waals surface area contributed by atoms with Gasteiger partial charge in [0.2, 0.25) is 0 Å². The van der Waals surface area contributed by atoms with Crippen LogP contribution in [0.25, 0.3) is 10.8 Å². The third-order valence-corrected chi connectivity index (χ3v) is 3.13. The van der Waals surface area contributed by atoms with Gasteiger partial charge < -0.3 is 15.6 Å². The Balaban J connectivity index is 0.00000200. The predicted molar refractivity (Wildman–Crippen MR) is 76.7 cm³/mol. The van der Waals surface area contributed by atoms with Crippen LogP contribution in [0.5, 0.6) is 5.75 Å². The van der Waals surface area contributed by atoms with Gasteiger partial charge in [0.1, 0.15) is 18.4 Å². The molecule has 0 saturated heterocycles. The van der Waals surface area contributed by atoms with Gasteiger partial charge in [0.25, 0.3) is 5.92 Å². The van der Waals surface area contributed by atoms with E-state index in [1.165, 1.54) is 7.11 Å². The molecule has 3 nitrogen and oxygen atoms in total. The highest BCUT2D eigenvalue weighted by atomic mass is 35.5. The van der Waals surface area contributed by atoms with Crippen molar-refractivity contribution in [2.45, 2.75) is 12.0 Å². The van der Waals surface area contributed by atoms with E-state index in [0.717, 1.165) is 5.39 Å².